The van der Waals surface area contributed by atoms with Crippen LogP contribution in [0.25, 0.3) is 21.5 Å². The summed E-state index contributed by atoms with van der Waals surface area (Å²) in [4.78, 5) is 28.8. The fourth-order valence-corrected chi connectivity index (χ4v) is 3.10. The van der Waals surface area contributed by atoms with E-state index in [1.807, 2.05) is 18.3 Å². The molecule has 0 saturated carbocycles. The number of thiazole rings is 1. The zero-order valence-corrected chi connectivity index (χ0v) is 12.7. The number of aromatic amines is 1. The average Bonchev–Trinajstić information content (AvgIpc) is 3.24. The maximum atomic E-state index is 12.1. The fourth-order valence-electron chi connectivity index (χ4n) is 2.28. The third-order valence-corrected chi connectivity index (χ3v) is 4.30. The standard InChI is InChI=1S/C16H11N5OS/c22-15(11-1-5-17-6-2-11)21-16-20-9-12(23-16)14-13-10(3-7-18-13)4-8-19-14/h1-9,18H,(H,20,21,22). The molecule has 0 aliphatic carbocycles. The molecule has 0 aliphatic rings. The Labute approximate surface area is 135 Å². The molecule has 7 heteroatoms. The molecule has 1 amide bonds. The smallest absolute Gasteiger partial charge is 0.257 e. The molecule has 4 aromatic heterocycles. The van der Waals surface area contributed by atoms with Crippen LogP contribution in [0.3, 0.4) is 0 Å². The van der Waals surface area contributed by atoms with Gasteiger partial charge in [-0.05, 0) is 24.3 Å². The highest BCUT2D eigenvalue weighted by molar-refractivity contribution is 7.19. The van der Waals surface area contributed by atoms with Crippen molar-refractivity contribution in [3.63, 3.8) is 0 Å². The summed E-state index contributed by atoms with van der Waals surface area (Å²) in [5.41, 5.74) is 2.33. The lowest BCUT2D eigenvalue weighted by Crippen LogP contribution is -2.11. The van der Waals surface area contributed by atoms with Crippen LogP contribution in [0.5, 0.6) is 0 Å². The molecule has 23 heavy (non-hydrogen) atoms. The van der Waals surface area contributed by atoms with Gasteiger partial charge in [-0.25, -0.2) is 4.98 Å². The number of pyridine rings is 2. The van der Waals surface area contributed by atoms with Gasteiger partial charge in [-0.15, -0.1) is 0 Å². The summed E-state index contributed by atoms with van der Waals surface area (Å²) >= 11 is 1.39. The molecule has 0 aliphatic heterocycles. The number of fused-ring (bicyclic) bond motifs is 1. The predicted octanol–water partition coefficient (Wildman–Crippen LogP) is 3.33. The second kappa shape index (κ2) is 5.62. The third-order valence-electron chi connectivity index (χ3n) is 3.38. The summed E-state index contributed by atoms with van der Waals surface area (Å²) in [6.07, 6.45) is 8.52. The van der Waals surface area contributed by atoms with Gasteiger partial charge in [-0.2, -0.15) is 0 Å². The molecule has 0 fully saturated rings. The number of hydrogen-bond donors (Lipinski definition) is 2. The van der Waals surface area contributed by atoms with Gasteiger partial charge in [0, 0.05) is 41.9 Å². The number of hydrogen-bond acceptors (Lipinski definition) is 5. The third kappa shape index (κ3) is 2.58. The van der Waals surface area contributed by atoms with Gasteiger partial charge >= 0.3 is 0 Å². The van der Waals surface area contributed by atoms with Crippen LogP contribution in [0.2, 0.25) is 0 Å². The molecule has 0 unspecified atom stereocenters. The number of carbonyl (C=O) groups excluding carboxylic acids is 1. The van der Waals surface area contributed by atoms with E-state index in [1.54, 1.807) is 36.9 Å². The summed E-state index contributed by atoms with van der Waals surface area (Å²) in [6.45, 7) is 0. The van der Waals surface area contributed by atoms with E-state index in [-0.39, 0.29) is 5.91 Å². The Morgan fingerprint density at radius 2 is 1.96 bits per heavy atom. The first-order valence-electron chi connectivity index (χ1n) is 6.91. The van der Waals surface area contributed by atoms with Crippen LogP contribution < -0.4 is 5.32 Å². The maximum absolute atomic E-state index is 12.1. The van der Waals surface area contributed by atoms with Crippen LogP contribution >= 0.6 is 11.3 Å². The summed E-state index contributed by atoms with van der Waals surface area (Å²) < 4.78 is 0. The number of nitrogens with one attached hydrogen (secondary N) is 2. The first-order valence-corrected chi connectivity index (χ1v) is 7.72. The summed E-state index contributed by atoms with van der Waals surface area (Å²) in [5.74, 6) is -0.209. The van der Waals surface area contributed by atoms with Gasteiger partial charge in [0.15, 0.2) is 5.13 Å². The number of carbonyl (C=O) groups is 1. The van der Waals surface area contributed by atoms with Crippen molar-refractivity contribution in [1.82, 2.24) is 19.9 Å². The van der Waals surface area contributed by atoms with Crippen LogP contribution in [-0.4, -0.2) is 25.8 Å². The molecule has 6 nitrogen and oxygen atoms in total. The molecule has 0 atom stereocenters. The lowest BCUT2D eigenvalue weighted by Gasteiger charge is -2.00. The quantitative estimate of drug-likeness (QED) is 0.606. The summed E-state index contributed by atoms with van der Waals surface area (Å²) in [5, 5.41) is 4.42. The molecule has 4 rings (SSSR count). The van der Waals surface area contributed by atoms with Gasteiger partial charge in [-0.1, -0.05) is 11.3 Å². The van der Waals surface area contributed by atoms with Gasteiger partial charge in [0.25, 0.3) is 5.91 Å². The Morgan fingerprint density at radius 3 is 2.83 bits per heavy atom. The number of H-pyrrole nitrogens is 1. The van der Waals surface area contributed by atoms with Gasteiger partial charge in [0.1, 0.15) is 5.69 Å². The molecule has 4 heterocycles. The molecule has 0 aromatic carbocycles. The Balaban J connectivity index is 1.62. The number of anilines is 1. The SMILES string of the molecule is O=C(Nc1ncc(-c2nccc3cc[nH]c23)s1)c1ccncc1. The minimum atomic E-state index is -0.209. The Bertz CT molecular complexity index is 976. The molecule has 2 N–H and O–H groups in total. The van der Waals surface area contributed by atoms with E-state index < -0.39 is 0 Å². The van der Waals surface area contributed by atoms with Crippen molar-refractivity contribution in [2.24, 2.45) is 0 Å². The van der Waals surface area contributed by atoms with Crippen molar-refractivity contribution in [3.8, 4) is 10.6 Å². The number of amides is 1. The lowest BCUT2D eigenvalue weighted by molar-refractivity contribution is 0.102. The highest BCUT2D eigenvalue weighted by atomic mass is 32.1. The van der Waals surface area contributed by atoms with Crippen molar-refractivity contribution in [1.29, 1.82) is 0 Å². The number of rotatable bonds is 3. The van der Waals surface area contributed by atoms with Gasteiger partial charge < -0.3 is 4.98 Å². The van der Waals surface area contributed by atoms with E-state index in [2.05, 4.69) is 25.3 Å². The van der Waals surface area contributed by atoms with Crippen molar-refractivity contribution in [2.45, 2.75) is 0 Å². The van der Waals surface area contributed by atoms with Gasteiger partial charge in [-0.3, -0.25) is 20.1 Å². The molecule has 4 aromatic rings. The van der Waals surface area contributed by atoms with Crippen molar-refractivity contribution >= 4 is 33.3 Å². The van der Waals surface area contributed by atoms with Gasteiger partial charge in [0.2, 0.25) is 0 Å². The lowest BCUT2D eigenvalue weighted by atomic mass is 10.2. The van der Waals surface area contributed by atoms with Crippen molar-refractivity contribution in [2.75, 3.05) is 5.32 Å². The zero-order chi connectivity index (χ0) is 15.6. The normalized spacial score (nSPS) is 10.8. The van der Waals surface area contributed by atoms with Crippen molar-refractivity contribution < 1.29 is 4.79 Å². The predicted molar refractivity (Wildman–Crippen MR) is 89.4 cm³/mol. The van der Waals surface area contributed by atoms with E-state index >= 15 is 0 Å². The second-order valence-corrected chi connectivity index (χ2v) is 5.85. The second-order valence-electron chi connectivity index (χ2n) is 4.82. The van der Waals surface area contributed by atoms with Crippen LogP contribution in [0.15, 0.2) is 55.2 Å². The van der Waals surface area contributed by atoms with Crippen LogP contribution in [0.1, 0.15) is 10.4 Å². The fraction of sp³-hybridized carbons (Fsp3) is 0. The van der Waals surface area contributed by atoms with Crippen LogP contribution in [-0.2, 0) is 0 Å². The van der Waals surface area contributed by atoms with Gasteiger partial charge in [0.05, 0.1) is 10.4 Å². The topological polar surface area (TPSA) is 83.6 Å². The van der Waals surface area contributed by atoms with Crippen LogP contribution in [0.4, 0.5) is 5.13 Å². The van der Waals surface area contributed by atoms with E-state index in [4.69, 9.17) is 0 Å². The first-order chi connectivity index (χ1) is 11.3. The minimum Gasteiger partial charge on any atom is -0.359 e. The average molecular weight is 321 g/mol. The Hall–Kier alpha value is -3.06. The molecule has 112 valence electrons. The Morgan fingerprint density at radius 1 is 1.09 bits per heavy atom. The summed E-state index contributed by atoms with van der Waals surface area (Å²) in [7, 11) is 0. The Kier molecular flexibility index (Phi) is 3.32. The minimum absolute atomic E-state index is 0.209. The number of nitrogens with zero attached hydrogens (tertiary/aromatic N) is 3. The molecular formula is C16H11N5OS. The van der Waals surface area contributed by atoms with E-state index in [1.165, 1.54) is 11.3 Å². The molecule has 0 radical (unpaired) electrons. The monoisotopic (exact) mass is 321 g/mol. The highest BCUT2D eigenvalue weighted by Gasteiger charge is 2.12. The molecule has 0 bridgehead atoms. The van der Waals surface area contributed by atoms with E-state index in [9.17, 15) is 4.79 Å². The zero-order valence-electron chi connectivity index (χ0n) is 11.9. The number of aromatic nitrogens is 4. The van der Waals surface area contributed by atoms with E-state index in [0.717, 1.165) is 21.5 Å². The molecular weight excluding hydrogens is 310 g/mol. The highest BCUT2D eigenvalue weighted by Crippen LogP contribution is 2.31. The van der Waals surface area contributed by atoms with E-state index in [0.29, 0.717) is 10.7 Å². The van der Waals surface area contributed by atoms with Crippen molar-refractivity contribution in [3.05, 3.63) is 60.8 Å². The largest absolute Gasteiger partial charge is 0.359 e. The maximum Gasteiger partial charge on any atom is 0.257 e. The molecule has 0 spiro atoms. The first kappa shape index (κ1) is 13.6. The molecule has 0 saturated heterocycles. The summed E-state index contributed by atoms with van der Waals surface area (Å²) in [6, 6.07) is 7.26. The van der Waals surface area contributed by atoms with Crippen LogP contribution in [0, 0.1) is 0 Å².